The number of hydrogen-bond donors (Lipinski definition) is 1. The van der Waals surface area contributed by atoms with Gasteiger partial charge in [0.25, 0.3) is 5.91 Å². The lowest BCUT2D eigenvalue weighted by Crippen LogP contribution is -2.38. The molecule has 1 aromatic rings. The van der Waals surface area contributed by atoms with Crippen LogP contribution in [-0.4, -0.2) is 43.7 Å². The fourth-order valence-electron chi connectivity index (χ4n) is 1.77. The summed E-state index contributed by atoms with van der Waals surface area (Å²) < 4.78 is 5.06. The number of carbonyl (C=O) groups is 1. The van der Waals surface area contributed by atoms with Gasteiger partial charge in [-0.15, -0.1) is 11.3 Å². The van der Waals surface area contributed by atoms with Gasteiger partial charge >= 0.3 is 0 Å². The Morgan fingerprint density at radius 2 is 2.25 bits per heavy atom. The molecule has 5 heteroatoms. The van der Waals surface area contributed by atoms with Crippen LogP contribution in [0.5, 0.6) is 0 Å². The van der Waals surface area contributed by atoms with Crippen molar-refractivity contribution < 1.29 is 9.53 Å². The fourth-order valence-corrected chi connectivity index (χ4v) is 2.77. The van der Waals surface area contributed by atoms with Gasteiger partial charge in [0, 0.05) is 19.7 Å². The lowest BCUT2D eigenvalue weighted by Gasteiger charge is -2.25. The molecule has 1 amide bonds. The number of nitrogens with zero attached hydrogens (tertiary/aromatic N) is 1. The Kier molecular flexibility index (Phi) is 6.73. The Balaban J connectivity index is 2.94. The number of methoxy groups -OCH3 is 1. The van der Waals surface area contributed by atoms with Crippen molar-refractivity contribution in [2.75, 3.05) is 26.8 Å². The summed E-state index contributed by atoms with van der Waals surface area (Å²) >= 11 is 1.43. The van der Waals surface area contributed by atoms with Crippen LogP contribution in [0.3, 0.4) is 0 Å². The molecule has 0 spiro atoms. The van der Waals surface area contributed by atoms with Crippen LogP contribution in [0.2, 0.25) is 0 Å². The van der Waals surface area contributed by atoms with Gasteiger partial charge in [0.05, 0.1) is 22.9 Å². The second kappa shape index (κ2) is 8.05. The van der Waals surface area contributed by atoms with Crippen molar-refractivity contribution in [1.82, 2.24) is 4.90 Å². The summed E-state index contributed by atoms with van der Waals surface area (Å²) in [6.07, 6.45) is 0. The molecule has 0 aliphatic heterocycles. The summed E-state index contributed by atoms with van der Waals surface area (Å²) in [4.78, 5) is 16.0. The number of carbonyl (C=O) groups excluding carboxylic acids is 1. The van der Waals surface area contributed by atoms with E-state index in [1.54, 1.807) is 7.11 Å². The Hall–Kier alpha value is -1.35. The summed E-state index contributed by atoms with van der Waals surface area (Å²) in [6.45, 7) is 7.42. The van der Waals surface area contributed by atoms with E-state index in [0.29, 0.717) is 24.6 Å². The summed E-state index contributed by atoms with van der Waals surface area (Å²) in [5.74, 6) is 5.87. The van der Waals surface area contributed by atoms with Crippen molar-refractivity contribution in [3.05, 3.63) is 21.4 Å². The summed E-state index contributed by atoms with van der Waals surface area (Å²) in [6, 6.07) is 2.04. The number of ether oxygens (including phenoxy) is 1. The zero-order valence-corrected chi connectivity index (χ0v) is 13.3. The van der Waals surface area contributed by atoms with Crippen LogP contribution in [-0.2, 0) is 4.74 Å². The van der Waals surface area contributed by atoms with Gasteiger partial charge in [-0.25, -0.2) is 0 Å². The molecule has 4 nitrogen and oxygen atoms in total. The molecule has 110 valence electrons. The molecule has 0 saturated heterocycles. The van der Waals surface area contributed by atoms with Gasteiger partial charge in [0.1, 0.15) is 0 Å². The highest BCUT2D eigenvalue weighted by Gasteiger charge is 2.21. The van der Waals surface area contributed by atoms with E-state index < -0.39 is 0 Å². The fraction of sp³-hybridized carbons (Fsp3) is 0.533. The first-order chi connectivity index (χ1) is 9.51. The molecule has 0 aromatic carbocycles. The maximum Gasteiger partial charge on any atom is 0.264 e. The second-order valence-electron chi connectivity index (χ2n) is 4.71. The normalized spacial score (nSPS) is 10.3. The van der Waals surface area contributed by atoms with Crippen LogP contribution < -0.4 is 5.73 Å². The zero-order valence-electron chi connectivity index (χ0n) is 12.5. The van der Waals surface area contributed by atoms with Gasteiger partial charge in [-0.3, -0.25) is 4.79 Å². The summed E-state index contributed by atoms with van der Waals surface area (Å²) in [7, 11) is 1.64. The summed E-state index contributed by atoms with van der Waals surface area (Å²) in [5, 5.41) is 0. The number of nitrogens with two attached hydrogens (primary N) is 1. The van der Waals surface area contributed by atoms with Gasteiger partial charge in [0.2, 0.25) is 0 Å². The first-order valence-electron chi connectivity index (χ1n) is 6.60. The maximum absolute atomic E-state index is 12.5. The average Bonchev–Trinajstić information content (AvgIpc) is 2.77. The van der Waals surface area contributed by atoms with Crippen molar-refractivity contribution in [3.63, 3.8) is 0 Å². The molecule has 0 unspecified atom stereocenters. The van der Waals surface area contributed by atoms with E-state index >= 15 is 0 Å². The molecule has 0 radical (unpaired) electrons. The topological polar surface area (TPSA) is 55.6 Å². The van der Waals surface area contributed by atoms with Crippen molar-refractivity contribution in [1.29, 1.82) is 0 Å². The molecule has 0 aliphatic carbocycles. The monoisotopic (exact) mass is 294 g/mol. The largest absolute Gasteiger partial charge is 0.383 e. The minimum atomic E-state index is 0.0333. The standard InChI is InChI=1S/C15H22N2O2S/c1-11(2)17(8-9-19-4)15(18)14-10-12(3)13(20-14)6-5-7-16/h10-11H,7-9,16H2,1-4H3. The molecule has 0 atom stereocenters. The third-order valence-corrected chi connectivity index (χ3v) is 3.99. The van der Waals surface area contributed by atoms with E-state index in [9.17, 15) is 4.79 Å². The van der Waals surface area contributed by atoms with Gasteiger partial charge in [0.15, 0.2) is 0 Å². The minimum Gasteiger partial charge on any atom is -0.383 e. The Bertz CT molecular complexity index is 512. The van der Waals surface area contributed by atoms with Crippen LogP contribution in [0.1, 0.15) is 34.0 Å². The number of thiophene rings is 1. The van der Waals surface area contributed by atoms with Crippen LogP contribution in [0.25, 0.3) is 0 Å². The number of aryl methyl sites for hydroxylation is 1. The van der Waals surface area contributed by atoms with E-state index in [1.165, 1.54) is 11.3 Å². The highest BCUT2D eigenvalue weighted by molar-refractivity contribution is 7.14. The minimum absolute atomic E-state index is 0.0333. The van der Waals surface area contributed by atoms with E-state index in [2.05, 4.69) is 11.8 Å². The molecule has 0 fully saturated rings. The number of amides is 1. The van der Waals surface area contributed by atoms with Crippen LogP contribution in [0.15, 0.2) is 6.07 Å². The van der Waals surface area contributed by atoms with Gasteiger partial charge in [-0.2, -0.15) is 0 Å². The molecule has 0 aliphatic rings. The Morgan fingerprint density at radius 3 is 2.80 bits per heavy atom. The quantitative estimate of drug-likeness (QED) is 0.843. The first-order valence-corrected chi connectivity index (χ1v) is 7.42. The van der Waals surface area contributed by atoms with Gasteiger partial charge in [-0.05, 0) is 32.4 Å². The van der Waals surface area contributed by atoms with Crippen LogP contribution in [0.4, 0.5) is 0 Å². The SMILES string of the molecule is COCCN(C(=O)c1cc(C)c(C#CCN)s1)C(C)C. The molecule has 1 heterocycles. The molecule has 0 bridgehead atoms. The average molecular weight is 294 g/mol. The van der Waals surface area contributed by atoms with E-state index in [4.69, 9.17) is 10.5 Å². The zero-order chi connectivity index (χ0) is 15.1. The number of rotatable bonds is 5. The second-order valence-corrected chi connectivity index (χ2v) is 5.77. The van der Waals surface area contributed by atoms with Gasteiger partial charge in [-0.1, -0.05) is 11.8 Å². The van der Waals surface area contributed by atoms with Crippen molar-refractivity contribution in [3.8, 4) is 11.8 Å². The highest BCUT2D eigenvalue weighted by atomic mass is 32.1. The van der Waals surface area contributed by atoms with Crippen molar-refractivity contribution in [2.24, 2.45) is 5.73 Å². The predicted molar refractivity (Wildman–Crippen MR) is 83.0 cm³/mol. The van der Waals surface area contributed by atoms with E-state index in [-0.39, 0.29) is 11.9 Å². The molecule has 1 aromatic heterocycles. The van der Waals surface area contributed by atoms with Crippen molar-refractivity contribution >= 4 is 17.2 Å². The molecular formula is C15H22N2O2S. The van der Waals surface area contributed by atoms with Crippen molar-refractivity contribution in [2.45, 2.75) is 26.8 Å². The third-order valence-electron chi connectivity index (χ3n) is 2.85. The predicted octanol–water partition coefficient (Wildman–Crippen LogP) is 1.86. The lowest BCUT2D eigenvalue weighted by molar-refractivity contribution is 0.0639. The smallest absolute Gasteiger partial charge is 0.264 e. The Morgan fingerprint density at radius 1 is 1.55 bits per heavy atom. The number of hydrogen-bond acceptors (Lipinski definition) is 4. The lowest BCUT2D eigenvalue weighted by atomic mass is 10.2. The molecule has 1 rings (SSSR count). The molecule has 0 saturated carbocycles. The molecule has 2 N–H and O–H groups in total. The van der Waals surface area contributed by atoms with E-state index in [1.807, 2.05) is 31.7 Å². The first kappa shape index (κ1) is 16.7. The molecular weight excluding hydrogens is 272 g/mol. The van der Waals surface area contributed by atoms with Crippen LogP contribution >= 0.6 is 11.3 Å². The highest BCUT2D eigenvalue weighted by Crippen LogP contribution is 2.23. The maximum atomic E-state index is 12.5. The van der Waals surface area contributed by atoms with E-state index in [0.717, 1.165) is 10.4 Å². The third kappa shape index (κ3) is 4.34. The molecule has 20 heavy (non-hydrogen) atoms. The van der Waals surface area contributed by atoms with Gasteiger partial charge < -0.3 is 15.4 Å². The van der Waals surface area contributed by atoms with Crippen LogP contribution in [0, 0.1) is 18.8 Å². The Labute approximate surface area is 124 Å². The summed E-state index contributed by atoms with van der Waals surface area (Å²) in [5.41, 5.74) is 6.40.